The summed E-state index contributed by atoms with van der Waals surface area (Å²) in [5.74, 6) is 0.646. The zero-order valence-electron chi connectivity index (χ0n) is 9.43. The van der Waals surface area contributed by atoms with Crippen molar-refractivity contribution in [1.82, 2.24) is 0 Å². The SMILES string of the molecule is Cc1cc2c(c(Br)c1O)C(=O)CC(C)(C)O2. The molecule has 1 N–H and O–H groups in total. The Morgan fingerprint density at radius 3 is 2.75 bits per heavy atom. The van der Waals surface area contributed by atoms with Gasteiger partial charge in [-0.05, 0) is 48.3 Å². The van der Waals surface area contributed by atoms with Gasteiger partial charge < -0.3 is 9.84 Å². The number of rotatable bonds is 0. The topological polar surface area (TPSA) is 46.5 Å². The Morgan fingerprint density at radius 1 is 1.50 bits per heavy atom. The van der Waals surface area contributed by atoms with E-state index >= 15 is 0 Å². The first-order valence-corrected chi connectivity index (χ1v) is 5.85. The molecule has 0 fully saturated rings. The third kappa shape index (κ3) is 1.71. The van der Waals surface area contributed by atoms with E-state index in [9.17, 15) is 9.90 Å². The van der Waals surface area contributed by atoms with Gasteiger partial charge in [-0.1, -0.05) is 0 Å². The van der Waals surface area contributed by atoms with Gasteiger partial charge in [0.05, 0.1) is 16.5 Å². The Labute approximate surface area is 103 Å². The Morgan fingerprint density at radius 2 is 2.12 bits per heavy atom. The fraction of sp³-hybridized carbons (Fsp3) is 0.417. The molecule has 1 heterocycles. The normalized spacial score (nSPS) is 17.9. The first kappa shape index (κ1) is 11.5. The van der Waals surface area contributed by atoms with E-state index in [1.807, 2.05) is 13.8 Å². The van der Waals surface area contributed by atoms with Gasteiger partial charge in [-0.3, -0.25) is 4.79 Å². The Bertz CT molecular complexity index is 478. The van der Waals surface area contributed by atoms with Gasteiger partial charge in [-0.25, -0.2) is 0 Å². The van der Waals surface area contributed by atoms with Crippen molar-refractivity contribution in [3.63, 3.8) is 0 Å². The highest BCUT2D eigenvalue weighted by atomic mass is 79.9. The van der Waals surface area contributed by atoms with Gasteiger partial charge in [0.15, 0.2) is 5.78 Å². The Hall–Kier alpha value is -1.03. The molecule has 0 amide bonds. The first-order valence-electron chi connectivity index (χ1n) is 5.06. The minimum atomic E-state index is -0.479. The molecule has 0 bridgehead atoms. The monoisotopic (exact) mass is 284 g/mol. The molecule has 0 atom stereocenters. The summed E-state index contributed by atoms with van der Waals surface area (Å²) in [5, 5.41) is 9.76. The second-order valence-corrected chi connectivity index (χ2v) is 5.48. The standard InChI is InChI=1S/C12H13BrO3/c1-6-4-8-9(10(13)11(6)15)7(14)5-12(2,3)16-8/h4,15H,5H2,1-3H3. The number of aromatic hydroxyl groups is 1. The number of aryl methyl sites for hydroxylation is 1. The van der Waals surface area contributed by atoms with E-state index in [4.69, 9.17) is 4.74 Å². The molecule has 0 saturated heterocycles. The van der Waals surface area contributed by atoms with Gasteiger partial charge >= 0.3 is 0 Å². The smallest absolute Gasteiger partial charge is 0.171 e. The van der Waals surface area contributed by atoms with Crippen LogP contribution in [0.2, 0.25) is 0 Å². The minimum absolute atomic E-state index is 0.00609. The van der Waals surface area contributed by atoms with Crippen molar-refractivity contribution < 1.29 is 14.6 Å². The molecule has 0 unspecified atom stereocenters. The molecule has 1 aromatic carbocycles. The third-order valence-corrected chi connectivity index (χ3v) is 3.42. The number of Topliss-reactive ketones (excluding diaryl/α,β-unsaturated/α-hetero) is 1. The van der Waals surface area contributed by atoms with Crippen molar-refractivity contribution in [3.8, 4) is 11.5 Å². The lowest BCUT2D eigenvalue weighted by molar-refractivity contribution is 0.0616. The summed E-state index contributed by atoms with van der Waals surface area (Å²) in [7, 11) is 0. The van der Waals surface area contributed by atoms with Gasteiger partial charge in [0, 0.05) is 0 Å². The fourth-order valence-electron chi connectivity index (χ4n) is 1.89. The van der Waals surface area contributed by atoms with E-state index in [2.05, 4.69) is 15.9 Å². The number of carbonyl (C=O) groups excluding carboxylic acids is 1. The van der Waals surface area contributed by atoms with Crippen molar-refractivity contribution >= 4 is 21.7 Å². The number of ketones is 1. The summed E-state index contributed by atoms with van der Waals surface area (Å²) < 4.78 is 6.18. The highest BCUT2D eigenvalue weighted by molar-refractivity contribution is 9.10. The lowest BCUT2D eigenvalue weighted by atomic mass is 9.92. The zero-order valence-corrected chi connectivity index (χ0v) is 11.0. The molecule has 86 valence electrons. The van der Waals surface area contributed by atoms with E-state index in [0.29, 0.717) is 27.8 Å². The van der Waals surface area contributed by atoms with Gasteiger partial charge in [0.25, 0.3) is 0 Å². The quantitative estimate of drug-likeness (QED) is 0.796. The van der Waals surface area contributed by atoms with Crippen molar-refractivity contribution in [1.29, 1.82) is 0 Å². The number of fused-ring (bicyclic) bond motifs is 1. The molecule has 0 aromatic heterocycles. The van der Waals surface area contributed by atoms with Crippen LogP contribution >= 0.6 is 15.9 Å². The van der Waals surface area contributed by atoms with Crippen molar-refractivity contribution in [3.05, 3.63) is 21.7 Å². The van der Waals surface area contributed by atoms with Crippen molar-refractivity contribution in [2.24, 2.45) is 0 Å². The van der Waals surface area contributed by atoms with Crippen LogP contribution < -0.4 is 4.74 Å². The number of phenolic OH excluding ortho intramolecular Hbond substituents is 1. The number of phenols is 1. The van der Waals surface area contributed by atoms with Crippen LogP contribution in [0.4, 0.5) is 0 Å². The Balaban J connectivity index is 2.66. The number of ether oxygens (including phenoxy) is 1. The molecule has 0 radical (unpaired) electrons. The molecule has 16 heavy (non-hydrogen) atoms. The first-order chi connectivity index (χ1) is 7.32. The lowest BCUT2D eigenvalue weighted by Gasteiger charge is -2.32. The molecule has 4 heteroatoms. The predicted molar refractivity (Wildman–Crippen MR) is 64.2 cm³/mol. The summed E-state index contributed by atoms with van der Waals surface area (Å²) in [6.07, 6.45) is 0.321. The maximum absolute atomic E-state index is 12.0. The molecule has 0 aliphatic carbocycles. The summed E-state index contributed by atoms with van der Waals surface area (Å²) in [6, 6.07) is 1.70. The lowest BCUT2D eigenvalue weighted by Crippen LogP contribution is -2.36. The molecular weight excluding hydrogens is 272 g/mol. The summed E-state index contributed by atoms with van der Waals surface area (Å²) in [4.78, 5) is 12.0. The van der Waals surface area contributed by atoms with Crippen molar-refractivity contribution in [2.75, 3.05) is 0 Å². The molecule has 3 nitrogen and oxygen atoms in total. The highest BCUT2D eigenvalue weighted by Crippen LogP contribution is 2.42. The van der Waals surface area contributed by atoms with Gasteiger partial charge in [-0.15, -0.1) is 0 Å². The number of hydrogen-bond acceptors (Lipinski definition) is 3. The molecular formula is C12H13BrO3. The summed E-state index contributed by atoms with van der Waals surface area (Å²) in [5.41, 5.74) is 0.658. The number of hydrogen-bond donors (Lipinski definition) is 1. The van der Waals surface area contributed by atoms with E-state index in [1.54, 1.807) is 13.0 Å². The average molecular weight is 285 g/mol. The third-order valence-electron chi connectivity index (χ3n) is 2.65. The van der Waals surface area contributed by atoms with Gasteiger partial charge in [-0.2, -0.15) is 0 Å². The molecule has 2 rings (SSSR count). The van der Waals surface area contributed by atoms with Gasteiger partial charge in [0.2, 0.25) is 0 Å². The van der Waals surface area contributed by atoms with E-state index in [0.717, 1.165) is 0 Å². The maximum atomic E-state index is 12.0. The number of halogens is 1. The van der Waals surface area contributed by atoms with Crippen LogP contribution in [0.5, 0.6) is 11.5 Å². The average Bonchev–Trinajstić information content (AvgIpc) is 2.11. The summed E-state index contributed by atoms with van der Waals surface area (Å²) >= 11 is 3.24. The van der Waals surface area contributed by atoms with E-state index in [1.165, 1.54) is 0 Å². The van der Waals surface area contributed by atoms with Crippen LogP contribution in [0.15, 0.2) is 10.5 Å². The second-order valence-electron chi connectivity index (χ2n) is 4.69. The van der Waals surface area contributed by atoms with Crippen LogP contribution in [-0.2, 0) is 0 Å². The van der Waals surface area contributed by atoms with Crippen molar-refractivity contribution in [2.45, 2.75) is 32.8 Å². The fourth-order valence-corrected chi connectivity index (χ4v) is 2.62. The van der Waals surface area contributed by atoms with Crippen LogP contribution in [0.25, 0.3) is 0 Å². The molecule has 1 aliphatic rings. The molecule has 1 aliphatic heterocycles. The van der Waals surface area contributed by atoms with E-state index in [-0.39, 0.29) is 11.5 Å². The minimum Gasteiger partial charge on any atom is -0.506 e. The second kappa shape index (κ2) is 3.48. The Kier molecular flexibility index (Phi) is 2.49. The van der Waals surface area contributed by atoms with Crippen LogP contribution in [0.1, 0.15) is 36.2 Å². The number of carbonyl (C=O) groups is 1. The predicted octanol–water partition coefficient (Wildman–Crippen LogP) is 3.21. The molecule has 0 saturated carbocycles. The van der Waals surface area contributed by atoms with Gasteiger partial charge in [0.1, 0.15) is 17.1 Å². The summed E-state index contributed by atoms with van der Waals surface area (Å²) in [6.45, 7) is 5.53. The largest absolute Gasteiger partial charge is 0.506 e. The van der Waals surface area contributed by atoms with E-state index < -0.39 is 5.60 Å². The highest BCUT2D eigenvalue weighted by Gasteiger charge is 2.35. The molecule has 0 spiro atoms. The molecule has 1 aromatic rings. The van der Waals surface area contributed by atoms with Crippen LogP contribution in [-0.4, -0.2) is 16.5 Å². The zero-order chi connectivity index (χ0) is 12.1. The number of benzene rings is 1. The van der Waals surface area contributed by atoms with Crippen LogP contribution in [0.3, 0.4) is 0 Å². The maximum Gasteiger partial charge on any atom is 0.171 e. The van der Waals surface area contributed by atoms with Crippen LogP contribution in [0, 0.1) is 6.92 Å².